The molecule has 2 atom stereocenters. The van der Waals surface area contributed by atoms with E-state index in [0.717, 1.165) is 24.8 Å². The van der Waals surface area contributed by atoms with Gasteiger partial charge in [0.25, 0.3) is 0 Å². The summed E-state index contributed by atoms with van der Waals surface area (Å²) in [6.45, 7) is 2.35. The van der Waals surface area contributed by atoms with Crippen LogP contribution in [-0.4, -0.2) is 48.3 Å². The van der Waals surface area contributed by atoms with Gasteiger partial charge in [-0.25, -0.2) is 4.39 Å². The zero-order valence-corrected chi connectivity index (χ0v) is 13.3. The van der Waals surface area contributed by atoms with Gasteiger partial charge in [0.15, 0.2) is 0 Å². The molecule has 23 heavy (non-hydrogen) atoms. The summed E-state index contributed by atoms with van der Waals surface area (Å²) < 4.78 is 18.6. The topological polar surface area (TPSA) is 49.8 Å². The lowest BCUT2D eigenvalue weighted by Crippen LogP contribution is -2.49. The lowest BCUT2D eigenvalue weighted by molar-refractivity contribution is -0.143. The van der Waals surface area contributed by atoms with Gasteiger partial charge < -0.3 is 14.7 Å². The van der Waals surface area contributed by atoms with Gasteiger partial charge in [0.1, 0.15) is 5.82 Å². The molecule has 1 aromatic rings. The summed E-state index contributed by atoms with van der Waals surface area (Å²) in [5.74, 6) is 0.0203. The summed E-state index contributed by atoms with van der Waals surface area (Å²) in [5.41, 5.74) is 0.901. The van der Waals surface area contributed by atoms with Crippen LogP contribution in [0.1, 0.15) is 24.8 Å². The Bertz CT molecular complexity index is 545. The van der Waals surface area contributed by atoms with Crippen LogP contribution in [0, 0.1) is 17.7 Å². The number of nitrogens with zero attached hydrogens (tertiary/aromatic N) is 1. The highest BCUT2D eigenvalue weighted by Gasteiger charge is 2.33. The van der Waals surface area contributed by atoms with E-state index in [0.29, 0.717) is 32.7 Å². The molecule has 0 saturated carbocycles. The molecule has 1 amide bonds. The highest BCUT2D eigenvalue weighted by molar-refractivity contribution is 5.79. The second-order valence-corrected chi connectivity index (χ2v) is 6.62. The van der Waals surface area contributed by atoms with Crippen molar-refractivity contribution in [2.75, 3.05) is 26.3 Å². The molecular weight excluding hydrogens is 297 g/mol. The SMILES string of the molecule is O=C(C1CCOCC1)N1CC[C@H](Cc2cccc(F)c2)[C@@H](O)C1. The third-order valence-electron chi connectivity index (χ3n) is 4.99. The second kappa shape index (κ2) is 7.41. The van der Waals surface area contributed by atoms with E-state index in [1.54, 1.807) is 11.0 Å². The van der Waals surface area contributed by atoms with E-state index in [9.17, 15) is 14.3 Å². The number of amides is 1. The zero-order chi connectivity index (χ0) is 16.2. The van der Waals surface area contributed by atoms with Crippen molar-refractivity contribution in [1.29, 1.82) is 0 Å². The molecule has 2 fully saturated rings. The predicted molar refractivity (Wildman–Crippen MR) is 84.3 cm³/mol. The fourth-order valence-electron chi connectivity index (χ4n) is 3.59. The molecule has 3 rings (SSSR count). The normalized spacial score (nSPS) is 26.3. The maximum Gasteiger partial charge on any atom is 0.225 e. The van der Waals surface area contributed by atoms with Crippen LogP contribution in [0.25, 0.3) is 0 Å². The minimum atomic E-state index is -0.546. The average Bonchev–Trinajstić information content (AvgIpc) is 2.57. The number of aliphatic hydroxyl groups is 1. The Hall–Kier alpha value is -1.46. The number of benzene rings is 1. The molecule has 1 aromatic carbocycles. The molecule has 5 heteroatoms. The highest BCUT2D eigenvalue weighted by atomic mass is 19.1. The summed E-state index contributed by atoms with van der Waals surface area (Å²) in [6, 6.07) is 6.53. The fraction of sp³-hybridized carbons (Fsp3) is 0.611. The summed E-state index contributed by atoms with van der Waals surface area (Å²) >= 11 is 0. The van der Waals surface area contributed by atoms with Crippen LogP contribution in [0.5, 0.6) is 0 Å². The number of rotatable bonds is 3. The van der Waals surface area contributed by atoms with Crippen molar-refractivity contribution in [2.24, 2.45) is 11.8 Å². The second-order valence-electron chi connectivity index (χ2n) is 6.62. The van der Waals surface area contributed by atoms with Crippen LogP contribution in [0.3, 0.4) is 0 Å². The standard InChI is InChI=1S/C18H24FNO3/c19-16-3-1-2-13(11-16)10-15-4-7-20(12-17(15)21)18(22)14-5-8-23-9-6-14/h1-3,11,14-15,17,21H,4-10,12H2/t15-,17+/m1/s1. The molecule has 0 aliphatic carbocycles. The van der Waals surface area contributed by atoms with Crippen molar-refractivity contribution in [1.82, 2.24) is 4.90 Å². The van der Waals surface area contributed by atoms with Gasteiger partial charge in [-0.05, 0) is 49.3 Å². The van der Waals surface area contributed by atoms with Crippen LogP contribution in [0.15, 0.2) is 24.3 Å². The lowest BCUT2D eigenvalue weighted by atomic mass is 9.87. The van der Waals surface area contributed by atoms with Gasteiger partial charge in [-0.3, -0.25) is 4.79 Å². The summed E-state index contributed by atoms with van der Waals surface area (Å²) in [6.07, 6.45) is 2.41. The molecule has 2 heterocycles. The van der Waals surface area contributed by atoms with E-state index in [2.05, 4.69) is 0 Å². The van der Waals surface area contributed by atoms with E-state index in [1.165, 1.54) is 12.1 Å². The summed E-state index contributed by atoms with van der Waals surface area (Å²) in [4.78, 5) is 14.3. The quantitative estimate of drug-likeness (QED) is 0.926. The molecule has 2 aliphatic rings. The van der Waals surface area contributed by atoms with Crippen molar-refractivity contribution in [3.63, 3.8) is 0 Å². The minimum absolute atomic E-state index is 0.0377. The Balaban J connectivity index is 1.55. The number of halogens is 1. The van der Waals surface area contributed by atoms with Crippen molar-refractivity contribution in [3.05, 3.63) is 35.6 Å². The monoisotopic (exact) mass is 321 g/mol. The summed E-state index contributed by atoms with van der Waals surface area (Å²) in [7, 11) is 0. The molecule has 0 spiro atoms. The maximum absolute atomic E-state index is 13.3. The van der Waals surface area contributed by atoms with Crippen molar-refractivity contribution in [2.45, 2.75) is 31.8 Å². The van der Waals surface area contributed by atoms with E-state index in [-0.39, 0.29) is 23.6 Å². The van der Waals surface area contributed by atoms with Gasteiger partial charge in [-0.15, -0.1) is 0 Å². The Kier molecular flexibility index (Phi) is 5.28. The molecule has 0 unspecified atom stereocenters. The van der Waals surface area contributed by atoms with Gasteiger partial charge in [0, 0.05) is 32.2 Å². The number of β-amino-alcohol motifs (C(OH)–C–C–N with tert-alkyl or cyclic N) is 1. The molecule has 0 bridgehead atoms. The zero-order valence-electron chi connectivity index (χ0n) is 13.3. The van der Waals surface area contributed by atoms with Crippen molar-refractivity contribution < 1.29 is 19.0 Å². The van der Waals surface area contributed by atoms with Crippen molar-refractivity contribution in [3.8, 4) is 0 Å². The Morgan fingerprint density at radius 3 is 2.78 bits per heavy atom. The van der Waals surface area contributed by atoms with E-state index < -0.39 is 6.10 Å². The van der Waals surface area contributed by atoms with Gasteiger partial charge in [0.2, 0.25) is 5.91 Å². The molecule has 0 aromatic heterocycles. The van der Waals surface area contributed by atoms with Crippen LogP contribution >= 0.6 is 0 Å². The number of carbonyl (C=O) groups is 1. The minimum Gasteiger partial charge on any atom is -0.391 e. The molecule has 2 aliphatic heterocycles. The number of likely N-dealkylation sites (tertiary alicyclic amines) is 1. The number of hydrogen-bond donors (Lipinski definition) is 1. The van der Waals surface area contributed by atoms with Crippen molar-refractivity contribution >= 4 is 5.91 Å². The number of ether oxygens (including phenoxy) is 1. The molecule has 4 nitrogen and oxygen atoms in total. The first kappa shape index (κ1) is 16.4. The van der Waals surface area contributed by atoms with Gasteiger partial charge in [0.05, 0.1) is 6.10 Å². The van der Waals surface area contributed by atoms with E-state index in [1.807, 2.05) is 6.07 Å². The van der Waals surface area contributed by atoms with Gasteiger partial charge >= 0.3 is 0 Å². The molecule has 1 N–H and O–H groups in total. The first-order valence-electron chi connectivity index (χ1n) is 8.42. The van der Waals surface area contributed by atoms with E-state index in [4.69, 9.17) is 4.74 Å². The summed E-state index contributed by atoms with van der Waals surface area (Å²) in [5, 5.41) is 10.4. The smallest absolute Gasteiger partial charge is 0.225 e. The first-order chi connectivity index (χ1) is 11.1. The molecule has 126 valence electrons. The molecule has 2 saturated heterocycles. The highest BCUT2D eigenvalue weighted by Crippen LogP contribution is 2.25. The van der Waals surface area contributed by atoms with Crippen LogP contribution in [0.4, 0.5) is 4.39 Å². The number of hydrogen-bond acceptors (Lipinski definition) is 3. The van der Waals surface area contributed by atoms with Gasteiger partial charge in [-0.1, -0.05) is 12.1 Å². The lowest BCUT2D eigenvalue weighted by Gasteiger charge is -2.38. The molecule has 0 radical (unpaired) electrons. The Morgan fingerprint density at radius 1 is 1.30 bits per heavy atom. The van der Waals surface area contributed by atoms with Gasteiger partial charge in [-0.2, -0.15) is 0 Å². The largest absolute Gasteiger partial charge is 0.391 e. The van der Waals surface area contributed by atoms with Crippen LogP contribution in [0.2, 0.25) is 0 Å². The maximum atomic E-state index is 13.3. The van der Waals surface area contributed by atoms with Crippen LogP contribution in [-0.2, 0) is 16.0 Å². The predicted octanol–water partition coefficient (Wildman–Crippen LogP) is 2.00. The molecular formula is C18H24FNO3. The third-order valence-corrected chi connectivity index (χ3v) is 4.99. The Morgan fingerprint density at radius 2 is 2.09 bits per heavy atom. The Labute approximate surface area is 136 Å². The number of carbonyl (C=O) groups excluding carboxylic acids is 1. The number of aliphatic hydroxyl groups excluding tert-OH is 1. The van der Waals surface area contributed by atoms with E-state index >= 15 is 0 Å². The fourth-order valence-corrected chi connectivity index (χ4v) is 3.59. The van der Waals surface area contributed by atoms with Crippen LogP contribution < -0.4 is 0 Å². The average molecular weight is 321 g/mol. The number of piperidine rings is 1. The first-order valence-corrected chi connectivity index (χ1v) is 8.42. The third kappa shape index (κ3) is 4.09.